The van der Waals surface area contributed by atoms with E-state index in [1.54, 1.807) is 0 Å². The van der Waals surface area contributed by atoms with Gasteiger partial charge < -0.3 is 15.7 Å². The molecule has 1 aromatic carbocycles. The lowest BCUT2D eigenvalue weighted by molar-refractivity contribution is -0.384. The third-order valence-electron chi connectivity index (χ3n) is 2.14. The number of anilines is 1. The summed E-state index contributed by atoms with van der Waals surface area (Å²) in [5, 5.41) is 23.6. The van der Waals surface area contributed by atoms with Gasteiger partial charge in [0.15, 0.2) is 0 Å². The maximum absolute atomic E-state index is 11.4. The molecule has 1 aromatic rings. The molecule has 0 bridgehead atoms. The van der Waals surface area contributed by atoms with Crippen molar-refractivity contribution in [1.29, 1.82) is 0 Å². The van der Waals surface area contributed by atoms with Crippen LogP contribution < -0.4 is 10.6 Å². The van der Waals surface area contributed by atoms with Crippen molar-refractivity contribution in [2.24, 2.45) is 0 Å². The predicted molar refractivity (Wildman–Crippen MR) is 66.4 cm³/mol. The fourth-order valence-corrected chi connectivity index (χ4v) is 1.25. The Morgan fingerprint density at radius 2 is 2.05 bits per heavy atom. The second-order valence-electron chi connectivity index (χ2n) is 3.59. The molecule has 2 amide bonds. The fraction of sp³-hybridized carbons (Fsp3) is 0.273. The van der Waals surface area contributed by atoms with E-state index in [4.69, 9.17) is 5.11 Å². The van der Waals surface area contributed by atoms with Gasteiger partial charge in [0.25, 0.3) is 5.69 Å². The second kappa shape index (κ2) is 7.07. The molecule has 0 aromatic heterocycles. The number of nitrogens with one attached hydrogen (secondary N) is 2. The maximum Gasteiger partial charge on any atom is 0.313 e. The Balaban J connectivity index is 2.59. The van der Waals surface area contributed by atoms with Gasteiger partial charge in [0.2, 0.25) is 0 Å². The molecular weight excluding hydrogens is 254 g/mol. The van der Waals surface area contributed by atoms with Crippen molar-refractivity contribution < 1.29 is 19.6 Å². The van der Waals surface area contributed by atoms with Crippen LogP contribution in [0.2, 0.25) is 0 Å². The highest BCUT2D eigenvalue weighted by Gasteiger charge is 2.14. The van der Waals surface area contributed by atoms with E-state index >= 15 is 0 Å². The Bertz CT molecular complexity index is 489. The summed E-state index contributed by atoms with van der Waals surface area (Å²) in [6, 6.07) is 5.26. The van der Waals surface area contributed by atoms with Crippen molar-refractivity contribution in [2.75, 3.05) is 18.5 Å². The number of hydrogen-bond acceptors (Lipinski definition) is 5. The highest BCUT2D eigenvalue weighted by molar-refractivity contribution is 6.39. The van der Waals surface area contributed by atoms with Crippen molar-refractivity contribution in [2.45, 2.75) is 6.42 Å². The molecule has 0 radical (unpaired) electrons. The number of carbonyl (C=O) groups is 2. The summed E-state index contributed by atoms with van der Waals surface area (Å²) in [6.07, 6.45) is 0.343. The molecule has 8 heteroatoms. The van der Waals surface area contributed by atoms with E-state index in [1.165, 1.54) is 18.2 Å². The van der Waals surface area contributed by atoms with E-state index in [9.17, 15) is 19.7 Å². The SMILES string of the molecule is O=C(NCCCO)C(=O)Nc1cccc([N+](=O)[O-])c1. The van der Waals surface area contributed by atoms with Crippen molar-refractivity contribution in [3.05, 3.63) is 34.4 Å². The third-order valence-corrected chi connectivity index (χ3v) is 2.14. The smallest absolute Gasteiger partial charge is 0.313 e. The second-order valence-corrected chi connectivity index (χ2v) is 3.59. The molecule has 0 saturated carbocycles. The van der Waals surface area contributed by atoms with Crippen molar-refractivity contribution >= 4 is 23.2 Å². The Morgan fingerprint density at radius 1 is 1.32 bits per heavy atom. The molecule has 0 aliphatic heterocycles. The minimum Gasteiger partial charge on any atom is -0.396 e. The first-order valence-corrected chi connectivity index (χ1v) is 5.49. The van der Waals surface area contributed by atoms with Gasteiger partial charge in [-0.05, 0) is 12.5 Å². The summed E-state index contributed by atoms with van der Waals surface area (Å²) in [7, 11) is 0. The van der Waals surface area contributed by atoms with Crippen LogP contribution in [0.4, 0.5) is 11.4 Å². The Morgan fingerprint density at radius 3 is 2.68 bits per heavy atom. The molecule has 19 heavy (non-hydrogen) atoms. The zero-order valence-corrected chi connectivity index (χ0v) is 9.96. The number of nitro groups is 1. The van der Waals surface area contributed by atoms with E-state index < -0.39 is 16.7 Å². The van der Waals surface area contributed by atoms with Crippen LogP contribution >= 0.6 is 0 Å². The lowest BCUT2D eigenvalue weighted by atomic mass is 10.3. The number of nitro benzene ring substituents is 1. The standard InChI is InChI=1S/C11H13N3O5/c15-6-2-5-12-10(16)11(17)13-8-3-1-4-9(7-8)14(18)19/h1,3-4,7,15H,2,5-6H2,(H,12,16)(H,13,17). The van der Waals surface area contributed by atoms with Crippen LogP contribution in [0, 0.1) is 10.1 Å². The lowest BCUT2D eigenvalue weighted by Crippen LogP contribution is -2.36. The Kier molecular flexibility index (Phi) is 5.42. The first-order chi connectivity index (χ1) is 9.04. The van der Waals surface area contributed by atoms with E-state index in [-0.39, 0.29) is 24.5 Å². The molecule has 102 valence electrons. The molecule has 0 aliphatic rings. The summed E-state index contributed by atoms with van der Waals surface area (Å²) in [6.45, 7) is 0.0878. The first-order valence-electron chi connectivity index (χ1n) is 5.49. The van der Waals surface area contributed by atoms with Crippen LogP contribution in [0.1, 0.15) is 6.42 Å². The minimum absolute atomic E-state index is 0.0905. The number of aliphatic hydroxyl groups is 1. The molecule has 0 unspecified atom stereocenters. The molecule has 0 atom stereocenters. The average molecular weight is 267 g/mol. The molecule has 0 fully saturated rings. The topological polar surface area (TPSA) is 122 Å². The Hall–Kier alpha value is -2.48. The number of carbonyl (C=O) groups excluding carboxylic acids is 2. The average Bonchev–Trinajstić information content (AvgIpc) is 2.39. The highest BCUT2D eigenvalue weighted by Crippen LogP contribution is 2.16. The van der Waals surface area contributed by atoms with E-state index in [1.807, 2.05) is 0 Å². The largest absolute Gasteiger partial charge is 0.396 e. The lowest BCUT2D eigenvalue weighted by Gasteiger charge is -2.05. The van der Waals surface area contributed by atoms with E-state index in [2.05, 4.69) is 10.6 Å². The number of amides is 2. The maximum atomic E-state index is 11.4. The van der Waals surface area contributed by atoms with Crippen LogP contribution in [0.3, 0.4) is 0 Å². The molecule has 0 heterocycles. The summed E-state index contributed by atoms with van der Waals surface area (Å²) < 4.78 is 0. The zero-order chi connectivity index (χ0) is 14.3. The van der Waals surface area contributed by atoms with Gasteiger partial charge in [0.1, 0.15) is 0 Å². The number of hydrogen-bond donors (Lipinski definition) is 3. The monoisotopic (exact) mass is 267 g/mol. The van der Waals surface area contributed by atoms with Gasteiger partial charge in [0, 0.05) is 31.0 Å². The van der Waals surface area contributed by atoms with Gasteiger partial charge >= 0.3 is 11.8 Å². The molecular formula is C11H13N3O5. The molecule has 1 rings (SSSR count). The normalized spacial score (nSPS) is 9.74. The first kappa shape index (κ1) is 14.6. The Labute approximate surface area is 108 Å². The number of nitrogens with zero attached hydrogens (tertiary/aromatic N) is 1. The van der Waals surface area contributed by atoms with Crippen molar-refractivity contribution in [3.63, 3.8) is 0 Å². The van der Waals surface area contributed by atoms with Gasteiger partial charge in [-0.2, -0.15) is 0 Å². The van der Waals surface area contributed by atoms with Gasteiger partial charge in [0.05, 0.1) is 4.92 Å². The van der Waals surface area contributed by atoms with Gasteiger partial charge in [-0.3, -0.25) is 19.7 Å². The third kappa shape index (κ3) is 4.72. The van der Waals surface area contributed by atoms with Gasteiger partial charge in [-0.15, -0.1) is 0 Å². The quantitative estimate of drug-likeness (QED) is 0.301. The van der Waals surface area contributed by atoms with Gasteiger partial charge in [-0.25, -0.2) is 0 Å². The highest BCUT2D eigenvalue weighted by atomic mass is 16.6. The van der Waals surface area contributed by atoms with Crippen LogP contribution in [0.15, 0.2) is 24.3 Å². The van der Waals surface area contributed by atoms with Crippen molar-refractivity contribution in [3.8, 4) is 0 Å². The number of rotatable bonds is 5. The van der Waals surface area contributed by atoms with Crippen molar-refractivity contribution in [1.82, 2.24) is 5.32 Å². The van der Waals surface area contributed by atoms with Crippen LogP contribution in [0.25, 0.3) is 0 Å². The summed E-state index contributed by atoms with van der Waals surface area (Å²) in [5.41, 5.74) is -0.0185. The zero-order valence-electron chi connectivity index (χ0n) is 9.96. The van der Waals surface area contributed by atoms with E-state index in [0.717, 1.165) is 6.07 Å². The van der Waals surface area contributed by atoms with Crippen LogP contribution in [-0.4, -0.2) is 35.0 Å². The summed E-state index contributed by atoms with van der Waals surface area (Å²) >= 11 is 0. The van der Waals surface area contributed by atoms with E-state index in [0.29, 0.717) is 6.42 Å². The fourth-order valence-electron chi connectivity index (χ4n) is 1.25. The molecule has 0 spiro atoms. The van der Waals surface area contributed by atoms with Gasteiger partial charge in [-0.1, -0.05) is 6.07 Å². The molecule has 3 N–H and O–H groups in total. The number of non-ortho nitro benzene ring substituents is 1. The molecule has 0 saturated heterocycles. The summed E-state index contributed by atoms with van der Waals surface area (Å²) in [5.74, 6) is -1.78. The number of benzene rings is 1. The minimum atomic E-state index is -0.918. The summed E-state index contributed by atoms with van der Waals surface area (Å²) in [4.78, 5) is 32.7. The van der Waals surface area contributed by atoms with Crippen LogP contribution in [-0.2, 0) is 9.59 Å². The molecule has 8 nitrogen and oxygen atoms in total. The molecule has 0 aliphatic carbocycles. The van der Waals surface area contributed by atoms with Crippen LogP contribution in [0.5, 0.6) is 0 Å². The number of aliphatic hydroxyl groups excluding tert-OH is 1. The predicted octanol–water partition coefficient (Wildman–Crippen LogP) is 0.0319.